The van der Waals surface area contributed by atoms with Crippen LogP contribution in [0.1, 0.15) is 17.3 Å². The number of amides is 1. The Labute approximate surface area is 116 Å². The first-order chi connectivity index (χ1) is 9.49. The standard InChI is InChI=1S/C14H17FN2O3/c1-10(14(19)20)16-5-7-17(8-6-16)13(18)11-3-2-4-12(15)9-11/h2-4,9-10H,5-8H2,1H3,(H,19,20)/t10-/m1/s1. The van der Waals surface area contributed by atoms with Gasteiger partial charge in [-0.25, -0.2) is 4.39 Å². The number of carboxylic acid groups (broad SMARTS) is 1. The zero-order chi connectivity index (χ0) is 14.7. The second-order valence-corrected chi connectivity index (χ2v) is 4.85. The molecule has 0 aliphatic carbocycles. The molecule has 20 heavy (non-hydrogen) atoms. The summed E-state index contributed by atoms with van der Waals surface area (Å²) in [5.41, 5.74) is 0.324. The normalized spacial score (nSPS) is 17.8. The first-order valence-electron chi connectivity index (χ1n) is 6.50. The number of hydrogen-bond donors (Lipinski definition) is 1. The molecule has 0 spiro atoms. The van der Waals surface area contributed by atoms with Crippen molar-refractivity contribution < 1.29 is 19.1 Å². The van der Waals surface area contributed by atoms with Crippen LogP contribution in [0.25, 0.3) is 0 Å². The first-order valence-corrected chi connectivity index (χ1v) is 6.50. The van der Waals surface area contributed by atoms with E-state index in [-0.39, 0.29) is 5.91 Å². The summed E-state index contributed by atoms with van der Waals surface area (Å²) in [6, 6.07) is 5.04. The highest BCUT2D eigenvalue weighted by molar-refractivity contribution is 5.94. The van der Waals surface area contributed by atoms with E-state index in [4.69, 9.17) is 5.11 Å². The minimum absolute atomic E-state index is 0.216. The third-order valence-electron chi connectivity index (χ3n) is 3.58. The Morgan fingerprint density at radius 3 is 2.45 bits per heavy atom. The van der Waals surface area contributed by atoms with Gasteiger partial charge < -0.3 is 10.0 Å². The third kappa shape index (κ3) is 3.14. The Kier molecular flexibility index (Phi) is 4.34. The Morgan fingerprint density at radius 2 is 1.90 bits per heavy atom. The Bertz CT molecular complexity index is 513. The van der Waals surface area contributed by atoms with Gasteiger partial charge in [0.25, 0.3) is 5.91 Å². The molecular formula is C14H17FN2O3. The van der Waals surface area contributed by atoms with Crippen molar-refractivity contribution in [1.29, 1.82) is 0 Å². The van der Waals surface area contributed by atoms with Gasteiger partial charge >= 0.3 is 5.97 Å². The van der Waals surface area contributed by atoms with Gasteiger partial charge in [-0.3, -0.25) is 14.5 Å². The molecule has 1 amide bonds. The SMILES string of the molecule is C[C@H](C(=O)O)N1CCN(C(=O)c2cccc(F)c2)CC1. The Balaban J connectivity index is 1.97. The van der Waals surface area contributed by atoms with E-state index in [2.05, 4.69) is 0 Å². The number of carboxylic acids is 1. The zero-order valence-corrected chi connectivity index (χ0v) is 11.3. The van der Waals surface area contributed by atoms with Crippen molar-refractivity contribution >= 4 is 11.9 Å². The summed E-state index contributed by atoms with van der Waals surface area (Å²) < 4.78 is 13.1. The Hall–Kier alpha value is -1.95. The smallest absolute Gasteiger partial charge is 0.320 e. The monoisotopic (exact) mass is 280 g/mol. The van der Waals surface area contributed by atoms with Gasteiger partial charge in [-0.2, -0.15) is 0 Å². The van der Waals surface area contributed by atoms with Gasteiger partial charge in [-0.15, -0.1) is 0 Å². The first kappa shape index (κ1) is 14.5. The lowest BCUT2D eigenvalue weighted by atomic mass is 10.1. The average Bonchev–Trinajstić information content (AvgIpc) is 2.46. The minimum atomic E-state index is -0.866. The van der Waals surface area contributed by atoms with Crippen molar-refractivity contribution in [2.45, 2.75) is 13.0 Å². The average molecular weight is 280 g/mol. The molecular weight excluding hydrogens is 263 g/mol. The van der Waals surface area contributed by atoms with E-state index in [1.807, 2.05) is 4.90 Å². The maximum atomic E-state index is 13.1. The van der Waals surface area contributed by atoms with Crippen molar-refractivity contribution in [3.05, 3.63) is 35.6 Å². The van der Waals surface area contributed by atoms with Crippen LogP contribution in [0.15, 0.2) is 24.3 Å². The summed E-state index contributed by atoms with van der Waals surface area (Å²) in [5, 5.41) is 8.95. The van der Waals surface area contributed by atoms with Gasteiger partial charge in [0.05, 0.1) is 0 Å². The molecule has 0 bridgehead atoms. The van der Waals surface area contributed by atoms with E-state index in [0.717, 1.165) is 0 Å². The summed E-state index contributed by atoms with van der Waals surface area (Å²) in [6.45, 7) is 3.55. The van der Waals surface area contributed by atoms with E-state index in [0.29, 0.717) is 31.7 Å². The van der Waals surface area contributed by atoms with Gasteiger partial charge in [0.2, 0.25) is 0 Å². The number of benzene rings is 1. The molecule has 0 radical (unpaired) electrons. The fourth-order valence-corrected chi connectivity index (χ4v) is 2.27. The predicted molar refractivity (Wildman–Crippen MR) is 71.0 cm³/mol. The second-order valence-electron chi connectivity index (χ2n) is 4.85. The van der Waals surface area contributed by atoms with Crippen molar-refractivity contribution in [2.24, 2.45) is 0 Å². The van der Waals surface area contributed by atoms with E-state index < -0.39 is 17.8 Å². The number of carbonyl (C=O) groups is 2. The molecule has 0 unspecified atom stereocenters. The molecule has 1 aromatic rings. The van der Waals surface area contributed by atoms with Crippen molar-refractivity contribution in [3.63, 3.8) is 0 Å². The number of aliphatic carboxylic acids is 1. The van der Waals surface area contributed by atoms with Crippen LogP contribution >= 0.6 is 0 Å². The molecule has 1 aromatic carbocycles. The molecule has 0 aromatic heterocycles. The van der Waals surface area contributed by atoms with E-state index in [9.17, 15) is 14.0 Å². The van der Waals surface area contributed by atoms with E-state index in [1.165, 1.54) is 18.2 Å². The van der Waals surface area contributed by atoms with Crippen LogP contribution in [0.4, 0.5) is 4.39 Å². The van der Waals surface area contributed by atoms with Gasteiger partial charge in [0.15, 0.2) is 0 Å². The maximum absolute atomic E-state index is 13.1. The highest BCUT2D eigenvalue weighted by Gasteiger charge is 2.27. The fraction of sp³-hybridized carbons (Fsp3) is 0.429. The molecule has 0 saturated carbocycles. The summed E-state index contributed by atoms with van der Waals surface area (Å²) >= 11 is 0. The van der Waals surface area contributed by atoms with Gasteiger partial charge in [-0.05, 0) is 25.1 Å². The number of carbonyl (C=O) groups excluding carboxylic acids is 1. The largest absolute Gasteiger partial charge is 0.480 e. The minimum Gasteiger partial charge on any atom is -0.480 e. The van der Waals surface area contributed by atoms with Crippen LogP contribution in [0.5, 0.6) is 0 Å². The number of rotatable bonds is 3. The van der Waals surface area contributed by atoms with Crippen molar-refractivity contribution in [1.82, 2.24) is 9.80 Å². The van der Waals surface area contributed by atoms with Crippen LogP contribution in [0, 0.1) is 5.82 Å². The Morgan fingerprint density at radius 1 is 1.25 bits per heavy atom. The molecule has 1 saturated heterocycles. The summed E-state index contributed by atoms with van der Waals surface area (Å²) in [5.74, 6) is -1.52. The lowest BCUT2D eigenvalue weighted by Gasteiger charge is -2.36. The quantitative estimate of drug-likeness (QED) is 0.899. The molecule has 6 heteroatoms. The van der Waals surface area contributed by atoms with Crippen LogP contribution < -0.4 is 0 Å². The fourth-order valence-electron chi connectivity index (χ4n) is 2.27. The van der Waals surface area contributed by atoms with Gasteiger partial charge in [-0.1, -0.05) is 6.07 Å². The molecule has 1 N–H and O–H groups in total. The summed E-state index contributed by atoms with van der Waals surface area (Å²) in [6.07, 6.45) is 0. The molecule has 1 aliphatic heterocycles. The van der Waals surface area contributed by atoms with Crippen LogP contribution in [-0.4, -0.2) is 59.0 Å². The van der Waals surface area contributed by atoms with Crippen molar-refractivity contribution in [3.8, 4) is 0 Å². The molecule has 1 atom stereocenters. The molecule has 1 fully saturated rings. The van der Waals surface area contributed by atoms with Gasteiger partial charge in [0, 0.05) is 31.7 Å². The molecule has 5 nitrogen and oxygen atoms in total. The maximum Gasteiger partial charge on any atom is 0.320 e. The van der Waals surface area contributed by atoms with Crippen LogP contribution in [0.2, 0.25) is 0 Å². The number of hydrogen-bond acceptors (Lipinski definition) is 3. The molecule has 1 aliphatic rings. The van der Waals surface area contributed by atoms with Gasteiger partial charge in [0.1, 0.15) is 11.9 Å². The molecule has 108 valence electrons. The predicted octanol–water partition coefficient (Wildman–Crippen LogP) is 1.06. The van der Waals surface area contributed by atoms with E-state index >= 15 is 0 Å². The van der Waals surface area contributed by atoms with Crippen LogP contribution in [-0.2, 0) is 4.79 Å². The zero-order valence-electron chi connectivity index (χ0n) is 11.3. The molecule has 2 rings (SSSR count). The molecule has 1 heterocycles. The highest BCUT2D eigenvalue weighted by Crippen LogP contribution is 2.12. The second kappa shape index (κ2) is 6.00. The summed E-state index contributed by atoms with van der Waals surface area (Å²) in [7, 11) is 0. The van der Waals surface area contributed by atoms with E-state index in [1.54, 1.807) is 17.9 Å². The third-order valence-corrected chi connectivity index (χ3v) is 3.58. The highest BCUT2D eigenvalue weighted by atomic mass is 19.1. The number of nitrogens with zero attached hydrogens (tertiary/aromatic N) is 2. The number of piperazine rings is 1. The summed E-state index contributed by atoms with van der Waals surface area (Å²) in [4.78, 5) is 26.5. The van der Waals surface area contributed by atoms with Crippen LogP contribution in [0.3, 0.4) is 0 Å². The lowest BCUT2D eigenvalue weighted by molar-refractivity contribution is -0.143. The topological polar surface area (TPSA) is 60.9 Å². The lowest BCUT2D eigenvalue weighted by Crippen LogP contribution is -2.53. The van der Waals surface area contributed by atoms with Crippen molar-refractivity contribution in [2.75, 3.05) is 26.2 Å². The number of halogens is 1.